The van der Waals surface area contributed by atoms with E-state index in [-0.39, 0.29) is 11.7 Å². The van der Waals surface area contributed by atoms with Crippen molar-refractivity contribution in [3.8, 4) is 17.9 Å². The molecule has 1 atom stereocenters. The van der Waals surface area contributed by atoms with E-state index in [2.05, 4.69) is 11.4 Å². The third-order valence-corrected chi connectivity index (χ3v) is 6.55. The molecule has 3 rings (SSSR count). The number of aryl methyl sites for hydroxylation is 1. The van der Waals surface area contributed by atoms with Crippen LogP contribution in [0.3, 0.4) is 0 Å². The van der Waals surface area contributed by atoms with E-state index in [0.717, 1.165) is 42.5 Å². The molecule has 0 radical (unpaired) electrons. The van der Waals surface area contributed by atoms with Crippen LogP contribution in [-0.4, -0.2) is 12.0 Å². The molecule has 0 unspecified atom stereocenters. The number of amides is 1. The van der Waals surface area contributed by atoms with Crippen molar-refractivity contribution in [2.45, 2.75) is 52.1 Å². The molecule has 1 amide bonds. The zero-order valence-corrected chi connectivity index (χ0v) is 18.5. The maximum Gasteiger partial charge on any atom is 0.266 e. The number of benzene rings is 1. The summed E-state index contributed by atoms with van der Waals surface area (Å²) in [5, 5.41) is 22.7. The predicted octanol–water partition coefficient (Wildman–Crippen LogP) is 5.87. The number of fused-ring (bicyclic) bond motifs is 1. The molecule has 0 bridgehead atoms. The lowest BCUT2D eigenvalue weighted by atomic mass is 9.96. The quantitative estimate of drug-likeness (QED) is 0.450. The Labute approximate surface area is 185 Å². The van der Waals surface area contributed by atoms with Gasteiger partial charge in [0.05, 0.1) is 16.7 Å². The molecule has 0 spiro atoms. The van der Waals surface area contributed by atoms with Crippen LogP contribution in [0.2, 0.25) is 5.02 Å². The number of hydrogen-bond acceptors (Lipinski definition) is 5. The monoisotopic (exact) mass is 439 g/mol. The fraction of sp³-hybridized carbons (Fsp3) is 0.348. The van der Waals surface area contributed by atoms with E-state index in [1.165, 1.54) is 17.4 Å². The molecular formula is C23H22ClN3O2S. The highest BCUT2D eigenvalue weighted by Crippen LogP contribution is 2.37. The number of nitrogens with one attached hydrogen (secondary N) is 1. The Bertz CT molecular complexity index is 1080. The molecule has 0 aliphatic heterocycles. The summed E-state index contributed by atoms with van der Waals surface area (Å²) < 4.78 is 5.75. The number of anilines is 1. The zero-order valence-electron chi connectivity index (χ0n) is 16.9. The normalized spacial score (nSPS) is 14.2. The Hall–Kier alpha value is -2.80. The molecule has 0 saturated heterocycles. The predicted molar refractivity (Wildman–Crippen MR) is 120 cm³/mol. The maximum atomic E-state index is 12.7. The summed E-state index contributed by atoms with van der Waals surface area (Å²) in [7, 11) is 0. The number of hydrogen-bond donors (Lipinski definition) is 1. The highest BCUT2D eigenvalue weighted by Gasteiger charge is 2.22. The molecule has 1 aliphatic rings. The second kappa shape index (κ2) is 9.80. The van der Waals surface area contributed by atoms with Crippen molar-refractivity contribution in [3.05, 3.63) is 50.4 Å². The van der Waals surface area contributed by atoms with Crippen molar-refractivity contribution < 1.29 is 9.53 Å². The molecule has 0 saturated carbocycles. The molecule has 1 N–H and O–H groups in total. The lowest BCUT2D eigenvalue weighted by Gasteiger charge is -2.14. The van der Waals surface area contributed by atoms with Gasteiger partial charge in [0, 0.05) is 4.88 Å². The Morgan fingerprint density at radius 2 is 2.13 bits per heavy atom. The van der Waals surface area contributed by atoms with Gasteiger partial charge in [-0.15, -0.1) is 11.3 Å². The van der Waals surface area contributed by atoms with E-state index in [1.807, 2.05) is 19.9 Å². The van der Waals surface area contributed by atoms with Crippen molar-refractivity contribution >= 4 is 39.9 Å². The van der Waals surface area contributed by atoms with Crippen molar-refractivity contribution in [2.75, 3.05) is 5.32 Å². The maximum absolute atomic E-state index is 12.7. The SMILES string of the molecule is CC[C@@H](C)Oc1ccc(/C=C(\C#N)C(=O)Nc2sc3c(c2C#N)CCCC3)cc1Cl. The fourth-order valence-corrected chi connectivity index (χ4v) is 4.73. The number of halogens is 1. The Morgan fingerprint density at radius 1 is 1.37 bits per heavy atom. The van der Waals surface area contributed by atoms with Gasteiger partial charge in [-0.2, -0.15) is 10.5 Å². The number of carbonyl (C=O) groups is 1. The van der Waals surface area contributed by atoms with E-state index < -0.39 is 5.91 Å². The second-order valence-electron chi connectivity index (χ2n) is 7.18. The highest BCUT2D eigenvalue weighted by atomic mass is 35.5. The first kappa shape index (κ1) is 21.9. The van der Waals surface area contributed by atoms with Crippen LogP contribution in [-0.2, 0) is 17.6 Å². The number of carbonyl (C=O) groups excluding carboxylic acids is 1. The molecule has 1 aromatic carbocycles. The van der Waals surface area contributed by atoms with Crippen LogP contribution in [0.5, 0.6) is 5.75 Å². The summed E-state index contributed by atoms with van der Waals surface area (Å²) in [5.74, 6) is 0.0256. The standard InChI is InChI=1S/C23H22ClN3O2S/c1-3-14(2)29-20-9-8-15(11-19(20)24)10-16(12-25)22(28)27-23-18(13-26)17-6-4-5-7-21(17)30-23/h8-11,14H,3-7H2,1-2H3,(H,27,28)/b16-10+/t14-/m1/s1. The smallest absolute Gasteiger partial charge is 0.266 e. The average molecular weight is 440 g/mol. The summed E-state index contributed by atoms with van der Waals surface area (Å²) >= 11 is 7.72. The lowest BCUT2D eigenvalue weighted by molar-refractivity contribution is -0.112. The average Bonchev–Trinajstić information content (AvgIpc) is 3.10. The molecule has 1 aliphatic carbocycles. The zero-order chi connectivity index (χ0) is 21.7. The van der Waals surface area contributed by atoms with Crippen LogP contribution in [0, 0.1) is 22.7 Å². The van der Waals surface area contributed by atoms with Gasteiger partial charge >= 0.3 is 0 Å². The minimum Gasteiger partial charge on any atom is -0.489 e. The number of ether oxygens (including phenoxy) is 1. The first-order valence-electron chi connectivity index (χ1n) is 9.90. The van der Waals surface area contributed by atoms with Crippen molar-refractivity contribution in [1.82, 2.24) is 0 Å². The molecule has 154 valence electrons. The van der Waals surface area contributed by atoms with Gasteiger partial charge in [-0.1, -0.05) is 24.6 Å². The number of rotatable bonds is 6. The van der Waals surface area contributed by atoms with Crippen LogP contribution >= 0.6 is 22.9 Å². The molecule has 0 fully saturated rings. The van der Waals surface area contributed by atoms with Crippen molar-refractivity contribution in [1.29, 1.82) is 10.5 Å². The van der Waals surface area contributed by atoms with E-state index >= 15 is 0 Å². The summed E-state index contributed by atoms with van der Waals surface area (Å²) in [6.07, 6.45) is 6.29. The third-order valence-electron chi connectivity index (χ3n) is 5.05. The van der Waals surface area contributed by atoms with E-state index in [9.17, 15) is 15.3 Å². The summed E-state index contributed by atoms with van der Waals surface area (Å²) in [4.78, 5) is 13.9. The van der Waals surface area contributed by atoms with Gasteiger partial charge in [0.2, 0.25) is 0 Å². The highest BCUT2D eigenvalue weighted by molar-refractivity contribution is 7.16. The Kier molecular flexibility index (Phi) is 7.15. The number of nitrogens with zero attached hydrogens (tertiary/aromatic N) is 2. The van der Waals surface area contributed by atoms with Gasteiger partial charge in [0.1, 0.15) is 28.5 Å². The van der Waals surface area contributed by atoms with Gasteiger partial charge in [0.15, 0.2) is 0 Å². The Morgan fingerprint density at radius 3 is 2.80 bits per heavy atom. The third kappa shape index (κ3) is 4.84. The second-order valence-corrected chi connectivity index (χ2v) is 8.69. The Balaban J connectivity index is 1.81. The van der Waals surface area contributed by atoms with Gasteiger partial charge in [-0.25, -0.2) is 0 Å². The lowest BCUT2D eigenvalue weighted by Crippen LogP contribution is -2.13. The van der Waals surface area contributed by atoms with E-state index in [1.54, 1.807) is 18.2 Å². The van der Waals surface area contributed by atoms with Gasteiger partial charge < -0.3 is 10.1 Å². The minimum absolute atomic E-state index is 0.0373. The summed E-state index contributed by atoms with van der Waals surface area (Å²) in [6, 6.07) is 9.29. The number of thiophene rings is 1. The molecule has 7 heteroatoms. The molecule has 5 nitrogen and oxygen atoms in total. The van der Waals surface area contributed by atoms with Crippen LogP contribution in [0.4, 0.5) is 5.00 Å². The van der Waals surface area contributed by atoms with Crippen LogP contribution in [0.15, 0.2) is 23.8 Å². The fourth-order valence-electron chi connectivity index (χ4n) is 3.26. The summed E-state index contributed by atoms with van der Waals surface area (Å²) in [6.45, 7) is 3.98. The first-order valence-corrected chi connectivity index (χ1v) is 11.1. The molecule has 1 heterocycles. The van der Waals surface area contributed by atoms with E-state index in [4.69, 9.17) is 16.3 Å². The molecule has 1 aromatic heterocycles. The molecule has 2 aromatic rings. The summed E-state index contributed by atoms with van der Waals surface area (Å²) in [5.41, 5.74) is 2.12. The van der Waals surface area contributed by atoms with E-state index in [0.29, 0.717) is 26.9 Å². The van der Waals surface area contributed by atoms with Gasteiger partial charge in [0.25, 0.3) is 5.91 Å². The first-order chi connectivity index (χ1) is 14.5. The molecular weight excluding hydrogens is 418 g/mol. The van der Waals surface area contributed by atoms with Crippen molar-refractivity contribution in [3.63, 3.8) is 0 Å². The largest absolute Gasteiger partial charge is 0.489 e. The topological polar surface area (TPSA) is 85.9 Å². The van der Waals surface area contributed by atoms with Crippen molar-refractivity contribution in [2.24, 2.45) is 0 Å². The van der Waals surface area contributed by atoms with Crippen LogP contribution in [0.25, 0.3) is 6.08 Å². The van der Waals surface area contributed by atoms with Gasteiger partial charge in [-0.3, -0.25) is 4.79 Å². The minimum atomic E-state index is -0.538. The number of nitriles is 2. The van der Waals surface area contributed by atoms with Crippen LogP contribution < -0.4 is 10.1 Å². The van der Waals surface area contributed by atoms with Crippen LogP contribution in [0.1, 0.15) is 54.7 Å². The van der Waals surface area contributed by atoms with Gasteiger partial charge in [-0.05, 0) is 68.4 Å². The molecule has 30 heavy (non-hydrogen) atoms.